The van der Waals surface area contributed by atoms with E-state index in [1.165, 1.54) is 27.3 Å². The summed E-state index contributed by atoms with van der Waals surface area (Å²) in [5.74, 6) is 0. The maximum Gasteiger partial charge on any atom is 0.138 e. The molecular formula is C45H28N4. The van der Waals surface area contributed by atoms with Crippen LogP contribution >= 0.6 is 0 Å². The van der Waals surface area contributed by atoms with Crippen LogP contribution in [-0.4, -0.2) is 19.4 Å². The molecule has 10 rings (SSSR count). The molecule has 0 aliphatic rings. The topological polar surface area (TPSA) is 43.1 Å². The summed E-state index contributed by atoms with van der Waals surface area (Å²) in [5, 5.41) is 6.93. The molecular weight excluding hydrogens is 597 g/mol. The Kier molecular flexibility index (Phi) is 6.15. The fourth-order valence-corrected chi connectivity index (χ4v) is 7.26. The number of hydrogen-bond donors (Lipinski definition) is 0. The van der Waals surface area contributed by atoms with Gasteiger partial charge in [0.05, 0.1) is 22.4 Å². The summed E-state index contributed by atoms with van der Waals surface area (Å²) in [6.45, 7) is 0. The Balaban J connectivity index is 1.12. The number of fused-ring (bicyclic) bond motifs is 6. The molecule has 0 fully saturated rings. The lowest BCUT2D eigenvalue weighted by Crippen LogP contribution is -1.92. The van der Waals surface area contributed by atoms with E-state index in [0.717, 1.165) is 66.6 Å². The molecule has 0 aliphatic carbocycles. The van der Waals surface area contributed by atoms with Gasteiger partial charge < -0.3 is 0 Å². The van der Waals surface area contributed by atoms with E-state index >= 15 is 0 Å². The predicted molar refractivity (Wildman–Crippen MR) is 203 cm³/mol. The van der Waals surface area contributed by atoms with Crippen molar-refractivity contribution in [1.29, 1.82) is 0 Å². The SMILES string of the molecule is c1ccc(-c2c3ccc(-c4ccc(-c5c(-c6cc7ccccc7cn6)nc6ccccn56)cc4)cc3nc3c2ccc2ccccc23)cc1. The Morgan fingerprint density at radius 3 is 2.04 bits per heavy atom. The fourth-order valence-electron chi connectivity index (χ4n) is 7.26. The van der Waals surface area contributed by atoms with Crippen molar-refractivity contribution in [3.8, 4) is 44.9 Å². The Bertz CT molecular complexity index is 2870. The van der Waals surface area contributed by atoms with Crippen LogP contribution in [-0.2, 0) is 0 Å². The van der Waals surface area contributed by atoms with Crippen LogP contribution in [0.1, 0.15) is 0 Å². The third kappa shape index (κ3) is 4.49. The third-order valence-corrected chi connectivity index (χ3v) is 9.63. The summed E-state index contributed by atoms with van der Waals surface area (Å²) in [4.78, 5) is 15.2. The third-order valence-electron chi connectivity index (χ3n) is 9.63. The van der Waals surface area contributed by atoms with Crippen molar-refractivity contribution >= 4 is 49.0 Å². The minimum Gasteiger partial charge on any atom is -0.299 e. The van der Waals surface area contributed by atoms with Crippen LogP contribution < -0.4 is 0 Å². The Morgan fingerprint density at radius 2 is 1.16 bits per heavy atom. The number of pyridine rings is 3. The molecule has 4 heterocycles. The number of rotatable bonds is 4. The average Bonchev–Trinajstić information content (AvgIpc) is 3.57. The number of benzene rings is 6. The molecule has 0 bridgehead atoms. The van der Waals surface area contributed by atoms with Gasteiger partial charge in [0.25, 0.3) is 0 Å². The Hall–Kier alpha value is -6.65. The first-order chi connectivity index (χ1) is 24.3. The van der Waals surface area contributed by atoms with Gasteiger partial charge in [-0.25, -0.2) is 9.97 Å². The highest BCUT2D eigenvalue weighted by Crippen LogP contribution is 2.39. The molecule has 6 aromatic carbocycles. The second kappa shape index (κ2) is 11.0. The molecule has 49 heavy (non-hydrogen) atoms. The van der Waals surface area contributed by atoms with Gasteiger partial charge in [-0.05, 0) is 51.7 Å². The van der Waals surface area contributed by atoms with Crippen molar-refractivity contribution in [2.75, 3.05) is 0 Å². The second-order valence-electron chi connectivity index (χ2n) is 12.5. The lowest BCUT2D eigenvalue weighted by Gasteiger charge is -2.14. The summed E-state index contributed by atoms with van der Waals surface area (Å²) in [6.07, 6.45) is 4.01. The van der Waals surface area contributed by atoms with Gasteiger partial charge in [-0.3, -0.25) is 9.38 Å². The van der Waals surface area contributed by atoms with Crippen LogP contribution in [0, 0.1) is 0 Å². The highest BCUT2D eigenvalue weighted by molar-refractivity contribution is 6.17. The van der Waals surface area contributed by atoms with E-state index < -0.39 is 0 Å². The molecule has 0 N–H and O–H groups in total. The Morgan fingerprint density at radius 1 is 0.449 bits per heavy atom. The zero-order chi connectivity index (χ0) is 32.3. The van der Waals surface area contributed by atoms with E-state index in [1.807, 2.05) is 30.5 Å². The maximum atomic E-state index is 5.32. The fraction of sp³-hybridized carbons (Fsp3) is 0. The highest BCUT2D eigenvalue weighted by Gasteiger charge is 2.18. The van der Waals surface area contributed by atoms with Gasteiger partial charge in [0.1, 0.15) is 11.3 Å². The molecule has 10 aromatic rings. The molecule has 0 radical (unpaired) electrons. The summed E-state index contributed by atoms with van der Waals surface area (Å²) >= 11 is 0. The molecule has 0 saturated carbocycles. The zero-order valence-corrected chi connectivity index (χ0v) is 26.5. The van der Waals surface area contributed by atoms with Crippen molar-refractivity contribution in [2.24, 2.45) is 0 Å². The summed E-state index contributed by atoms with van der Waals surface area (Å²) in [6, 6.07) is 55.6. The standard InChI is InChI=1S/C45H28N4/c1-2-11-31(12-3-1)42-37-23-22-34(26-39(37)47-43-36-15-7-6-10-30(36)21-24-38(42)43)29-17-19-32(20-18-29)45-44(48-41-16-8-9-25-49(41)45)40-27-33-13-4-5-14-35(33)28-46-40/h1-28H. The monoisotopic (exact) mass is 624 g/mol. The second-order valence-corrected chi connectivity index (χ2v) is 12.5. The van der Waals surface area contributed by atoms with Crippen molar-refractivity contribution in [3.05, 3.63) is 170 Å². The van der Waals surface area contributed by atoms with Gasteiger partial charge in [0, 0.05) is 45.1 Å². The maximum absolute atomic E-state index is 5.32. The van der Waals surface area contributed by atoms with Gasteiger partial charge in [-0.15, -0.1) is 0 Å². The summed E-state index contributed by atoms with van der Waals surface area (Å²) in [5.41, 5.74) is 11.4. The first kappa shape index (κ1) is 27.5. The smallest absolute Gasteiger partial charge is 0.138 e. The minimum atomic E-state index is 0.857. The van der Waals surface area contributed by atoms with E-state index in [-0.39, 0.29) is 0 Å². The zero-order valence-electron chi connectivity index (χ0n) is 26.5. The molecule has 228 valence electrons. The number of hydrogen-bond acceptors (Lipinski definition) is 3. The minimum absolute atomic E-state index is 0.857. The van der Waals surface area contributed by atoms with Crippen LogP contribution in [0.3, 0.4) is 0 Å². The van der Waals surface area contributed by atoms with Crippen molar-refractivity contribution < 1.29 is 0 Å². The molecule has 4 nitrogen and oxygen atoms in total. The number of nitrogens with zero attached hydrogens (tertiary/aromatic N) is 4. The molecule has 0 unspecified atom stereocenters. The van der Waals surface area contributed by atoms with Gasteiger partial charge >= 0.3 is 0 Å². The predicted octanol–water partition coefficient (Wildman–Crippen LogP) is 11.4. The van der Waals surface area contributed by atoms with Crippen molar-refractivity contribution in [3.63, 3.8) is 0 Å². The molecule has 4 heteroatoms. The normalized spacial score (nSPS) is 11.7. The lowest BCUT2D eigenvalue weighted by molar-refractivity contribution is 1.19. The van der Waals surface area contributed by atoms with Crippen LogP contribution in [0.4, 0.5) is 0 Å². The van der Waals surface area contributed by atoms with E-state index in [4.69, 9.17) is 15.0 Å². The molecule has 0 atom stereocenters. The molecule has 0 amide bonds. The quantitative estimate of drug-likeness (QED) is 0.145. The number of aromatic nitrogens is 4. The summed E-state index contributed by atoms with van der Waals surface area (Å²) in [7, 11) is 0. The molecule has 0 aliphatic heterocycles. The van der Waals surface area contributed by atoms with Gasteiger partial charge in [-0.1, -0.05) is 133 Å². The van der Waals surface area contributed by atoms with Crippen LogP contribution in [0.5, 0.6) is 0 Å². The first-order valence-electron chi connectivity index (χ1n) is 16.5. The van der Waals surface area contributed by atoms with E-state index in [0.29, 0.717) is 0 Å². The van der Waals surface area contributed by atoms with Gasteiger partial charge in [0.15, 0.2) is 0 Å². The van der Waals surface area contributed by atoms with Gasteiger partial charge in [-0.2, -0.15) is 0 Å². The Labute approximate surface area is 282 Å². The van der Waals surface area contributed by atoms with E-state index in [2.05, 4.69) is 144 Å². The molecule has 0 saturated heterocycles. The van der Waals surface area contributed by atoms with Crippen LogP contribution in [0.2, 0.25) is 0 Å². The van der Waals surface area contributed by atoms with Crippen molar-refractivity contribution in [2.45, 2.75) is 0 Å². The number of imidazole rings is 1. The van der Waals surface area contributed by atoms with Crippen LogP contribution in [0.15, 0.2) is 170 Å². The average molecular weight is 625 g/mol. The first-order valence-corrected chi connectivity index (χ1v) is 16.5. The van der Waals surface area contributed by atoms with Crippen molar-refractivity contribution in [1.82, 2.24) is 19.4 Å². The van der Waals surface area contributed by atoms with Crippen LogP contribution in [0.25, 0.3) is 93.9 Å². The molecule has 0 spiro atoms. The van der Waals surface area contributed by atoms with Gasteiger partial charge in [0.2, 0.25) is 0 Å². The molecule has 4 aromatic heterocycles. The summed E-state index contributed by atoms with van der Waals surface area (Å²) < 4.78 is 2.15. The van der Waals surface area contributed by atoms with E-state index in [9.17, 15) is 0 Å². The lowest BCUT2D eigenvalue weighted by atomic mass is 9.92. The largest absolute Gasteiger partial charge is 0.299 e. The van der Waals surface area contributed by atoms with E-state index in [1.54, 1.807) is 0 Å². The highest BCUT2D eigenvalue weighted by atomic mass is 15.0.